The largest absolute Gasteiger partial charge is 0.365 e. The molecule has 0 bridgehead atoms. The molecule has 1 heterocycles. The molecule has 150 valence electrons. The van der Waals surface area contributed by atoms with Crippen LogP contribution in [0, 0.1) is 5.92 Å². The van der Waals surface area contributed by atoms with Crippen LogP contribution in [-0.2, 0) is 17.6 Å². The van der Waals surface area contributed by atoms with E-state index in [0.717, 1.165) is 36.1 Å². The third-order valence-electron chi connectivity index (χ3n) is 4.06. The average molecular weight is 472 g/mol. The monoisotopic (exact) mass is 470 g/mol. The van der Waals surface area contributed by atoms with Gasteiger partial charge in [-0.1, -0.05) is 48.7 Å². The minimum Gasteiger partial charge on any atom is -0.365 e. The summed E-state index contributed by atoms with van der Waals surface area (Å²) in [5, 5.41) is 9.02. The van der Waals surface area contributed by atoms with Gasteiger partial charge in [-0.2, -0.15) is 0 Å². The summed E-state index contributed by atoms with van der Waals surface area (Å²) in [5.41, 5.74) is 7.01. The Morgan fingerprint density at radius 2 is 1.81 bits per heavy atom. The summed E-state index contributed by atoms with van der Waals surface area (Å²) in [6, 6.07) is 0. The molecule has 0 unspecified atom stereocenters. The number of thiocarbonyl (C=S) groups is 1. The molecule has 11 heteroatoms. The Bertz CT molecular complexity index is 747. The number of alkyl halides is 3. The third kappa shape index (κ3) is 5.84. The first kappa shape index (κ1) is 22.5. The quantitative estimate of drug-likeness (QED) is 0.299. The number of hydrogen-bond donors (Lipinski definition) is 4. The predicted molar refractivity (Wildman–Crippen MR) is 116 cm³/mol. The fraction of sp³-hybridized carbons (Fsp3) is 0.562. The van der Waals surface area contributed by atoms with E-state index in [4.69, 9.17) is 52.8 Å². The van der Waals surface area contributed by atoms with Crippen LogP contribution in [0.3, 0.4) is 0 Å². The molecule has 27 heavy (non-hydrogen) atoms. The molecular formula is C16H21Cl3N4O2S2. The van der Waals surface area contributed by atoms with E-state index in [1.807, 2.05) is 0 Å². The van der Waals surface area contributed by atoms with E-state index in [1.54, 1.807) is 13.8 Å². The van der Waals surface area contributed by atoms with E-state index < -0.39 is 15.9 Å². The second kappa shape index (κ2) is 9.13. The highest BCUT2D eigenvalue weighted by atomic mass is 35.6. The highest BCUT2D eigenvalue weighted by molar-refractivity contribution is 7.80. The standard InChI is InChI=1S/C16H21Cl3N4O2S2/c1-7(2)12(25)21-14(16(17,18)19)23-15(26)22-13-10(11(20)24)8-5-3-4-6-9(8)27-13/h7,14H,3-6H2,1-2H3,(H2,20,24)(H,21,25)(H2,22,23,26)/t14-/m1/s1. The van der Waals surface area contributed by atoms with Crippen LogP contribution >= 0.6 is 58.4 Å². The molecule has 2 rings (SSSR count). The van der Waals surface area contributed by atoms with Crippen LogP contribution < -0.4 is 21.7 Å². The number of amides is 2. The Hall–Kier alpha value is -0.800. The number of hydrogen-bond acceptors (Lipinski definition) is 4. The fourth-order valence-electron chi connectivity index (χ4n) is 2.69. The molecule has 1 atom stereocenters. The van der Waals surface area contributed by atoms with Crippen LogP contribution in [0.1, 0.15) is 47.5 Å². The Morgan fingerprint density at radius 1 is 1.19 bits per heavy atom. The van der Waals surface area contributed by atoms with Gasteiger partial charge in [0.2, 0.25) is 9.70 Å². The molecular weight excluding hydrogens is 451 g/mol. The molecule has 0 radical (unpaired) electrons. The number of carbonyl (C=O) groups excluding carboxylic acids is 2. The number of rotatable bonds is 5. The number of primary amides is 1. The van der Waals surface area contributed by atoms with Crippen molar-refractivity contribution >= 4 is 80.3 Å². The maximum absolute atomic E-state index is 12.0. The van der Waals surface area contributed by atoms with Crippen LogP contribution in [-0.4, -0.2) is 26.9 Å². The summed E-state index contributed by atoms with van der Waals surface area (Å²) >= 11 is 24.6. The Balaban J connectivity index is 2.17. The van der Waals surface area contributed by atoms with Crippen molar-refractivity contribution in [1.29, 1.82) is 0 Å². The molecule has 6 nitrogen and oxygen atoms in total. The van der Waals surface area contributed by atoms with E-state index >= 15 is 0 Å². The van der Waals surface area contributed by atoms with Gasteiger partial charge < -0.3 is 21.7 Å². The van der Waals surface area contributed by atoms with Gasteiger partial charge in [0.25, 0.3) is 5.91 Å². The molecule has 0 spiro atoms. The highest BCUT2D eigenvalue weighted by Gasteiger charge is 2.35. The van der Waals surface area contributed by atoms with Gasteiger partial charge in [-0.15, -0.1) is 11.3 Å². The van der Waals surface area contributed by atoms with Crippen molar-refractivity contribution in [2.75, 3.05) is 5.32 Å². The fourth-order valence-corrected chi connectivity index (χ4v) is 4.60. The van der Waals surface area contributed by atoms with Gasteiger partial charge in [0.05, 0.1) is 5.56 Å². The smallest absolute Gasteiger partial charge is 0.251 e. The van der Waals surface area contributed by atoms with Crippen LogP contribution in [0.15, 0.2) is 0 Å². The molecule has 2 amide bonds. The first-order chi connectivity index (χ1) is 12.5. The van der Waals surface area contributed by atoms with Crippen molar-refractivity contribution in [3.63, 3.8) is 0 Å². The second-order valence-electron chi connectivity index (χ2n) is 6.52. The number of halogens is 3. The minimum atomic E-state index is -1.84. The maximum atomic E-state index is 12.0. The summed E-state index contributed by atoms with van der Waals surface area (Å²) in [4.78, 5) is 25.0. The second-order valence-corrected chi connectivity index (χ2v) is 10.4. The number of thiophene rings is 1. The molecule has 1 aromatic heterocycles. The number of aryl methyl sites for hydroxylation is 1. The molecule has 0 saturated heterocycles. The zero-order chi connectivity index (χ0) is 20.4. The first-order valence-corrected chi connectivity index (χ1v) is 10.8. The van der Waals surface area contributed by atoms with Crippen molar-refractivity contribution in [3.05, 3.63) is 16.0 Å². The van der Waals surface area contributed by atoms with Gasteiger partial charge in [-0.05, 0) is 43.5 Å². The average Bonchev–Trinajstić information content (AvgIpc) is 2.90. The number of fused-ring (bicyclic) bond motifs is 1. The zero-order valence-corrected chi connectivity index (χ0v) is 18.7. The van der Waals surface area contributed by atoms with Crippen molar-refractivity contribution in [2.24, 2.45) is 11.7 Å². The van der Waals surface area contributed by atoms with Crippen LogP contribution in [0.2, 0.25) is 0 Å². The van der Waals surface area contributed by atoms with Crippen molar-refractivity contribution in [1.82, 2.24) is 10.6 Å². The van der Waals surface area contributed by atoms with Gasteiger partial charge >= 0.3 is 0 Å². The zero-order valence-electron chi connectivity index (χ0n) is 14.8. The molecule has 1 aliphatic rings. The van der Waals surface area contributed by atoms with Gasteiger partial charge in [-0.25, -0.2) is 0 Å². The van der Waals surface area contributed by atoms with Crippen LogP contribution in [0.5, 0.6) is 0 Å². The topological polar surface area (TPSA) is 96.2 Å². The van der Waals surface area contributed by atoms with E-state index in [0.29, 0.717) is 10.6 Å². The lowest BCUT2D eigenvalue weighted by Crippen LogP contribution is -2.56. The molecule has 0 aromatic carbocycles. The van der Waals surface area contributed by atoms with E-state index in [1.165, 1.54) is 11.3 Å². The Labute approximate surface area is 182 Å². The molecule has 1 aromatic rings. The van der Waals surface area contributed by atoms with Gasteiger partial charge in [-0.3, -0.25) is 9.59 Å². The third-order valence-corrected chi connectivity index (χ3v) is 6.14. The van der Waals surface area contributed by atoms with Gasteiger partial charge in [0.15, 0.2) is 5.11 Å². The molecule has 0 saturated carbocycles. The Morgan fingerprint density at radius 3 is 2.37 bits per heavy atom. The Kier molecular flexibility index (Phi) is 7.61. The van der Waals surface area contributed by atoms with E-state index in [-0.39, 0.29) is 16.9 Å². The number of carbonyl (C=O) groups is 2. The summed E-state index contributed by atoms with van der Waals surface area (Å²) in [5.74, 6) is -1.11. The van der Waals surface area contributed by atoms with Crippen molar-refractivity contribution in [3.8, 4) is 0 Å². The van der Waals surface area contributed by atoms with E-state index in [2.05, 4.69) is 16.0 Å². The molecule has 5 N–H and O–H groups in total. The summed E-state index contributed by atoms with van der Waals surface area (Å²) < 4.78 is -1.84. The van der Waals surface area contributed by atoms with Crippen molar-refractivity contribution in [2.45, 2.75) is 49.5 Å². The lowest BCUT2D eigenvalue weighted by atomic mass is 9.95. The van der Waals surface area contributed by atoms with Crippen LogP contribution in [0.25, 0.3) is 0 Å². The van der Waals surface area contributed by atoms with Crippen LogP contribution in [0.4, 0.5) is 5.00 Å². The minimum absolute atomic E-state index is 0.108. The van der Waals surface area contributed by atoms with Crippen molar-refractivity contribution < 1.29 is 9.59 Å². The first-order valence-electron chi connectivity index (χ1n) is 8.39. The normalized spacial score (nSPS) is 15.0. The number of nitrogens with two attached hydrogens (primary N) is 1. The molecule has 0 aliphatic heterocycles. The summed E-state index contributed by atoms with van der Waals surface area (Å²) in [7, 11) is 0. The highest BCUT2D eigenvalue weighted by Crippen LogP contribution is 2.38. The maximum Gasteiger partial charge on any atom is 0.251 e. The van der Waals surface area contributed by atoms with Gasteiger partial charge in [0.1, 0.15) is 11.2 Å². The van der Waals surface area contributed by atoms with Gasteiger partial charge in [0, 0.05) is 10.8 Å². The SMILES string of the molecule is CC(C)C(=O)N[C@H](NC(=S)Nc1sc2c(c1C(N)=O)CCCC2)C(Cl)(Cl)Cl. The molecule has 0 fully saturated rings. The number of nitrogens with one attached hydrogen (secondary N) is 3. The lowest BCUT2D eigenvalue weighted by Gasteiger charge is -2.28. The van der Waals surface area contributed by atoms with E-state index in [9.17, 15) is 9.59 Å². The summed E-state index contributed by atoms with van der Waals surface area (Å²) in [6.45, 7) is 3.44. The number of anilines is 1. The summed E-state index contributed by atoms with van der Waals surface area (Å²) in [6.07, 6.45) is 2.76. The lowest BCUT2D eigenvalue weighted by molar-refractivity contribution is -0.124. The predicted octanol–water partition coefficient (Wildman–Crippen LogP) is 3.48. The molecule has 1 aliphatic carbocycles.